The summed E-state index contributed by atoms with van der Waals surface area (Å²) in [6.07, 6.45) is 0. The Bertz CT molecular complexity index is 582. The average molecular weight is 271 g/mol. The maximum Gasteiger partial charge on any atom is 0.337 e. The molecular weight excluding hydrogens is 257 g/mol. The van der Waals surface area contributed by atoms with Gasteiger partial charge in [-0.25, -0.2) is 4.79 Å². The van der Waals surface area contributed by atoms with E-state index in [9.17, 15) is 4.79 Å². The fourth-order valence-electron chi connectivity index (χ4n) is 2.64. The van der Waals surface area contributed by atoms with E-state index < -0.39 is 0 Å². The normalized spacial score (nSPS) is 13.5. The molecule has 1 atom stereocenters. The van der Waals surface area contributed by atoms with E-state index in [0.29, 0.717) is 6.61 Å². The Morgan fingerprint density at radius 3 is 2.11 bits per heavy atom. The molecule has 0 saturated carbocycles. The Morgan fingerprint density at radius 2 is 1.58 bits per heavy atom. The second-order valence-corrected chi connectivity index (χ2v) is 5.17. The fraction of sp³-hybridized carbons (Fsp3) is 0.133. The highest BCUT2D eigenvalue weighted by Crippen LogP contribution is 2.44. The minimum Gasteiger partial charge on any atom is -0.461 e. The molecule has 96 valence electrons. The van der Waals surface area contributed by atoms with E-state index >= 15 is 0 Å². The summed E-state index contributed by atoms with van der Waals surface area (Å²) in [7, 11) is -0.301. The van der Waals surface area contributed by atoms with Crippen LogP contribution in [0.25, 0.3) is 11.1 Å². The summed E-state index contributed by atoms with van der Waals surface area (Å²) in [5.41, 5.74) is 9.87. The largest absolute Gasteiger partial charge is 0.461 e. The van der Waals surface area contributed by atoms with Crippen molar-refractivity contribution in [3.8, 4) is 11.1 Å². The number of carbonyl (C=O) groups is 1. The van der Waals surface area contributed by atoms with Gasteiger partial charge in [0.15, 0.2) is 0 Å². The first-order valence-electron chi connectivity index (χ1n) is 6.13. The molecule has 4 heteroatoms. The number of benzene rings is 2. The lowest BCUT2D eigenvalue weighted by atomic mass is 9.98. The quantitative estimate of drug-likeness (QED) is 0.869. The molecule has 2 aromatic carbocycles. The topological polar surface area (TPSA) is 52.3 Å². The molecule has 0 saturated heterocycles. The van der Waals surface area contributed by atoms with Gasteiger partial charge in [0.05, 0.1) is 8.73 Å². The first-order valence-corrected chi connectivity index (χ1v) is 7.20. The smallest absolute Gasteiger partial charge is 0.337 e. The van der Waals surface area contributed by atoms with E-state index in [-0.39, 0.29) is 20.4 Å². The van der Waals surface area contributed by atoms with Gasteiger partial charge in [-0.2, -0.15) is 0 Å². The molecule has 0 fully saturated rings. The van der Waals surface area contributed by atoms with Crippen LogP contribution in [0.2, 0.25) is 0 Å². The molecule has 1 aliphatic carbocycles. The summed E-state index contributed by atoms with van der Waals surface area (Å²) < 4.78 is 5.24. The molecule has 0 amide bonds. The monoisotopic (exact) mass is 271 g/mol. The van der Waals surface area contributed by atoms with E-state index in [2.05, 4.69) is 24.3 Å². The fourth-order valence-corrected chi connectivity index (χ4v) is 2.81. The predicted octanol–water partition coefficient (Wildman–Crippen LogP) is 3.49. The molecular formula is C15H14NO2P. The van der Waals surface area contributed by atoms with E-state index in [0.717, 1.165) is 0 Å². The summed E-state index contributed by atoms with van der Waals surface area (Å²) in [6, 6.07) is 16.5. The summed E-state index contributed by atoms with van der Waals surface area (Å²) in [5.74, 6) is 0.118. The Kier molecular flexibility index (Phi) is 3.33. The molecule has 2 aromatic rings. The van der Waals surface area contributed by atoms with Crippen LogP contribution in [-0.4, -0.2) is 12.3 Å². The number of ether oxygens (including phenoxy) is 1. The lowest BCUT2D eigenvalue weighted by molar-refractivity contribution is 0.171. The van der Waals surface area contributed by atoms with Gasteiger partial charge < -0.3 is 10.2 Å². The van der Waals surface area contributed by atoms with Crippen LogP contribution in [-0.2, 0) is 4.74 Å². The molecule has 3 nitrogen and oxygen atoms in total. The standard InChI is InChI=1S/C15H14NO2P/c16-19-15(17)18-9-14-12-7-3-1-5-10(12)11-6-2-4-8-13(11)14/h1-8,14,19H,9,16H2. The summed E-state index contributed by atoms with van der Waals surface area (Å²) in [5, 5.41) is 0. The predicted molar refractivity (Wildman–Crippen MR) is 77.6 cm³/mol. The SMILES string of the molecule is NPC(=O)OCC1c2ccccc2-c2ccccc21. The van der Waals surface area contributed by atoms with Crippen LogP contribution in [0.3, 0.4) is 0 Å². The highest BCUT2D eigenvalue weighted by molar-refractivity contribution is 7.54. The van der Waals surface area contributed by atoms with Crippen molar-refractivity contribution < 1.29 is 9.53 Å². The third-order valence-electron chi connectivity index (χ3n) is 3.46. The molecule has 3 rings (SSSR count). The van der Waals surface area contributed by atoms with Crippen LogP contribution in [0.15, 0.2) is 48.5 Å². The van der Waals surface area contributed by atoms with Gasteiger partial charge in [0.1, 0.15) is 6.61 Å². The minimum atomic E-state index is -0.332. The van der Waals surface area contributed by atoms with Crippen molar-refractivity contribution in [1.82, 2.24) is 0 Å². The second kappa shape index (κ2) is 5.12. The van der Waals surface area contributed by atoms with Crippen LogP contribution in [0.5, 0.6) is 0 Å². The highest BCUT2D eigenvalue weighted by atomic mass is 31.1. The van der Waals surface area contributed by atoms with Gasteiger partial charge in [-0.3, -0.25) is 0 Å². The second-order valence-electron chi connectivity index (χ2n) is 4.47. The van der Waals surface area contributed by atoms with E-state index in [4.69, 9.17) is 10.2 Å². The lowest BCUT2D eigenvalue weighted by Crippen LogP contribution is -2.09. The molecule has 0 aliphatic heterocycles. The number of nitrogens with two attached hydrogens (primary N) is 1. The summed E-state index contributed by atoms with van der Waals surface area (Å²) in [4.78, 5) is 11.3. The third kappa shape index (κ3) is 2.16. The van der Waals surface area contributed by atoms with Crippen molar-refractivity contribution in [2.24, 2.45) is 5.50 Å². The first kappa shape index (κ1) is 12.3. The number of hydrogen-bond acceptors (Lipinski definition) is 3. The highest BCUT2D eigenvalue weighted by Gasteiger charge is 2.28. The zero-order chi connectivity index (χ0) is 13.2. The van der Waals surface area contributed by atoms with Gasteiger partial charge in [0.25, 0.3) is 0 Å². The molecule has 1 aliphatic rings. The van der Waals surface area contributed by atoms with Gasteiger partial charge in [-0.05, 0) is 22.3 Å². The Balaban J connectivity index is 1.98. The molecule has 0 bridgehead atoms. The third-order valence-corrected chi connectivity index (χ3v) is 3.84. The molecule has 0 aromatic heterocycles. The lowest BCUT2D eigenvalue weighted by Gasteiger charge is -2.13. The van der Waals surface area contributed by atoms with Gasteiger partial charge >= 0.3 is 5.71 Å². The van der Waals surface area contributed by atoms with Gasteiger partial charge in [-0.1, -0.05) is 48.5 Å². The van der Waals surface area contributed by atoms with E-state index in [1.54, 1.807) is 0 Å². The number of rotatable bonds is 3. The molecule has 2 N–H and O–H groups in total. The van der Waals surface area contributed by atoms with Crippen molar-refractivity contribution in [2.75, 3.05) is 6.61 Å². The van der Waals surface area contributed by atoms with Crippen LogP contribution < -0.4 is 5.50 Å². The Morgan fingerprint density at radius 1 is 1.05 bits per heavy atom. The molecule has 0 heterocycles. The van der Waals surface area contributed by atoms with Crippen LogP contribution in [0.1, 0.15) is 17.0 Å². The molecule has 19 heavy (non-hydrogen) atoms. The van der Waals surface area contributed by atoms with E-state index in [1.807, 2.05) is 24.3 Å². The van der Waals surface area contributed by atoms with Crippen molar-refractivity contribution in [2.45, 2.75) is 5.92 Å². The number of fused-ring (bicyclic) bond motifs is 3. The van der Waals surface area contributed by atoms with Crippen molar-refractivity contribution >= 4 is 14.4 Å². The molecule has 1 unspecified atom stereocenters. The maximum absolute atomic E-state index is 11.3. The van der Waals surface area contributed by atoms with Crippen molar-refractivity contribution in [3.63, 3.8) is 0 Å². The van der Waals surface area contributed by atoms with Gasteiger partial charge in [-0.15, -0.1) is 0 Å². The van der Waals surface area contributed by atoms with Crippen LogP contribution in [0.4, 0.5) is 4.79 Å². The van der Waals surface area contributed by atoms with Gasteiger partial charge in [0.2, 0.25) is 0 Å². The zero-order valence-corrected chi connectivity index (χ0v) is 11.3. The van der Waals surface area contributed by atoms with Crippen LogP contribution >= 0.6 is 8.73 Å². The van der Waals surface area contributed by atoms with Crippen LogP contribution in [0, 0.1) is 0 Å². The Hall–Kier alpha value is -1.70. The average Bonchev–Trinajstić information content (AvgIpc) is 2.79. The van der Waals surface area contributed by atoms with Crippen molar-refractivity contribution in [1.29, 1.82) is 0 Å². The first-order chi connectivity index (χ1) is 9.31. The maximum atomic E-state index is 11.3. The van der Waals surface area contributed by atoms with Crippen molar-refractivity contribution in [3.05, 3.63) is 59.7 Å². The summed E-state index contributed by atoms with van der Waals surface area (Å²) >= 11 is 0. The van der Waals surface area contributed by atoms with E-state index in [1.165, 1.54) is 22.3 Å². The Labute approximate surface area is 113 Å². The number of hydrogen-bond donors (Lipinski definition) is 1. The van der Waals surface area contributed by atoms with Gasteiger partial charge in [0, 0.05) is 5.92 Å². The number of carbonyl (C=O) groups excluding carboxylic acids is 1. The zero-order valence-electron chi connectivity index (χ0n) is 10.3. The minimum absolute atomic E-state index is 0.118. The molecule has 0 radical (unpaired) electrons. The summed E-state index contributed by atoms with van der Waals surface area (Å²) in [6.45, 7) is 0.358. The molecule has 0 spiro atoms.